The summed E-state index contributed by atoms with van der Waals surface area (Å²) in [7, 11) is 1.98. The van der Waals surface area contributed by atoms with Gasteiger partial charge in [0, 0.05) is 48.4 Å². The van der Waals surface area contributed by atoms with Crippen LogP contribution in [0, 0.1) is 0 Å². The molecule has 5 rings (SSSR count). The molecule has 37 heavy (non-hydrogen) atoms. The number of ether oxygens (including phenoxy) is 2. The lowest BCUT2D eigenvalue weighted by Crippen LogP contribution is -2.31. The number of nitrogens with one attached hydrogen (secondary N) is 1. The third kappa shape index (κ3) is 6.29. The zero-order chi connectivity index (χ0) is 25.6. The molecule has 1 aromatic heterocycles. The van der Waals surface area contributed by atoms with E-state index >= 15 is 0 Å². The molecular weight excluding hydrogens is 486 g/mol. The Kier molecular flexibility index (Phi) is 8.01. The Labute approximate surface area is 220 Å². The predicted molar refractivity (Wildman–Crippen MR) is 143 cm³/mol. The number of carbonyl (C=O) groups is 1. The topological polar surface area (TPSA) is 85.6 Å². The number of imidazole rings is 1. The molecule has 0 saturated carbocycles. The van der Waals surface area contributed by atoms with Crippen LogP contribution in [0.4, 0.5) is 5.69 Å². The van der Waals surface area contributed by atoms with Gasteiger partial charge in [0.1, 0.15) is 0 Å². The summed E-state index contributed by atoms with van der Waals surface area (Å²) in [5, 5.41) is 13.3. The molecule has 190 valence electrons. The molecule has 3 atom stereocenters. The molecule has 0 radical (unpaired) electrons. The van der Waals surface area contributed by atoms with Crippen molar-refractivity contribution in [1.82, 2.24) is 9.55 Å². The van der Waals surface area contributed by atoms with Crippen LogP contribution in [-0.4, -0.2) is 32.4 Å². The van der Waals surface area contributed by atoms with Crippen LogP contribution in [0.2, 0.25) is 0 Å². The second-order valence-electron chi connectivity index (χ2n) is 8.93. The van der Waals surface area contributed by atoms with Crippen molar-refractivity contribution >= 4 is 23.4 Å². The summed E-state index contributed by atoms with van der Waals surface area (Å²) in [6.45, 7) is 0.00195. The number of aliphatic hydroxyl groups excluding tert-OH is 1. The molecule has 1 aliphatic heterocycles. The van der Waals surface area contributed by atoms with Crippen LogP contribution in [0.25, 0.3) is 0 Å². The minimum atomic E-state index is -0.600. The summed E-state index contributed by atoms with van der Waals surface area (Å²) in [6, 6.07) is 24.5. The Morgan fingerprint density at radius 2 is 1.86 bits per heavy atom. The van der Waals surface area contributed by atoms with Crippen LogP contribution >= 0.6 is 11.8 Å². The van der Waals surface area contributed by atoms with Gasteiger partial charge in [0.25, 0.3) is 5.91 Å². The Morgan fingerprint density at radius 3 is 2.59 bits per heavy atom. The first-order chi connectivity index (χ1) is 18.1. The number of thioether (sulfide) groups is 1. The molecule has 3 aromatic carbocycles. The number of aliphatic hydroxyl groups is 1. The van der Waals surface area contributed by atoms with E-state index in [1.807, 2.05) is 84.5 Å². The maximum atomic E-state index is 12.7. The molecule has 0 bridgehead atoms. The first-order valence-corrected chi connectivity index (χ1v) is 13.1. The highest BCUT2D eigenvalue weighted by molar-refractivity contribution is 7.99. The lowest BCUT2D eigenvalue weighted by molar-refractivity contribution is -0.245. The van der Waals surface area contributed by atoms with Gasteiger partial charge in [-0.3, -0.25) is 4.79 Å². The van der Waals surface area contributed by atoms with E-state index < -0.39 is 6.29 Å². The maximum Gasteiger partial charge on any atom is 0.255 e. The Hall–Kier alpha value is -3.43. The summed E-state index contributed by atoms with van der Waals surface area (Å²) >= 11 is 1.65. The van der Waals surface area contributed by atoms with Crippen molar-refractivity contribution in [2.75, 3.05) is 11.1 Å². The van der Waals surface area contributed by atoms with E-state index in [-0.39, 0.29) is 24.7 Å². The van der Waals surface area contributed by atoms with Gasteiger partial charge in [0.15, 0.2) is 11.4 Å². The van der Waals surface area contributed by atoms with Gasteiger partial charge < -0.3 is 24.5 Å². The fraction of sp³-hybridized carbons (Fsp3) is 0.241. The second-order valence-corrected chi connectivity index (χ2v) is 9.91. The molecule has 2 N–H and O–H groups in total. The molecule has 1 fully saturated rings. The monoisotopic (exact) mass is 515 g/mol. The summed E-state index contributed by atoms with van der Waals surface area (Å²) in [5.41, 5.74) is 3.99. The highest BCUT2D eigenvalue weighted by atomic mass is 32.2. The number of aryl methyl sites for hydroxylation is 1. The number of amides is 1. The van der Waals surface area contributed by atoms with Gasteiger partial charge in [0.05, 0.1) is 18.8 Å². The Bertz CT molecular complexity index is 1330. The van der Waals surface area contributed by atoms with E-state index in [1.165, 1.54) is 0 Å². The van der Waals surface area contributed by atoms with Crippen LogP contribution in [0.5, 0.6) is 0 Å². The average molecular weight is 516 g/mol. The fourth-order valence-corrected chi connectivity index (χ4v) is 5.19. The summed E-state index contributed by atoms with van der Waals surface area (Å²) in [6.07, 6.45) is 3.55. The average Bonchev–Trinajstić information content (AvgIpc) is 3.37. The lowest BCUT2D eigenvalue weighted by atomic mass is 10.0. The highest BCUT2D eigenvalue weighted by Gasteiger charge is 2.32. The second kappa shape index (κ2) is 11.7. The largest absolute Gasteiger partial charge is 0.392 e. The SMILES string of the molecule is Cn1ccnc1SC[C@H]1C[C@@H](c2ccc(CO)cc2)O[C@@H](c2cccc(NC(=O)c3ccccc3)c2)O1. The standard InChI is InChI=1S/C29H29N3O4S/c1-32-15-14-30-29(32)37-19-25-17-26(21-12-10-20(18-33)11-13-21)36-28(35-25)23-8-5-9-24(16-23)31-27(34)22-6-3-2-4-7-22/h2-16,25-26,28,33H,17-19H2,1H3,(H,31,34)/t25-,26+,28+/m1/s1. The predicted octanol–water partition coefficient (Wildman–Crippen LogP) is 5.50. The number of hydrogen-bond acceptors (Lipinski definition) is 6. The number of aromatic nitrogens is 2. The third-order valence-corrected chi connectivity index (χ3v) is 7.43. The van der Waals surface area contributed by atoms with Crippen LogP contribution in [0.1, 0.15) is 45.9 Å². The van der Waals surface area contributed by atoms with Crippen molar-refractivity contribution in [3.8, 4) is 0 Å². The van der Waals surface area contributed by atoms with Gasteiger partial charge in [0.2, 0.25) is 0 Å². The van der Waals surface area contributed by atoms with Crippen LogP contribution in [-0.2, 0) is 23.1 Å². The van der Waals surface area contributed by atoms with Crippen molar-refractivity contribution in [3.05, 3.63) is 114 Å². The van der Waals surface area contributed by atoms with E-state index in [1.54, 1.807) is 30.1 Å². The molecule has 0 unspecified atom stereocenters. The van der Waals surface area contributed by atoms with Crippen molar-refractivity contribution in [2.24, 2.45) is 7.05 Å². The fourth-order valence-electron chi connectivity index (χ4n) is 4.24. The van der Waals surface area contributed by atoms with Gasteiger partial charge in [-0.2, -0.15) is 0 Å². The molecule has 0 aliphatic carbocycles. The number of rotatable bonds is 8. The Morgan fingerprint density at radius 1 is 1.05 bits per heavy atom. The van der Waals surface area contributed by atoms with Crippen molar-refractivity contribution in [2.45, 2.75) is 36.7 Å². The quantitative estimate of drug-likeness (QED) is 0.301. The third-order valence-electron chi connectivity index (χ3n) is 6.24. The van der Waals surface area contributed by atoms with E-state index in [0.29, 0.717) is 17.7 Å². The summed E-state index contributed by atoms with van der Waals surface area (Å²) in [5.74, 6) is 0.551. The number of benzene rings is 3. The number of anilines is 1. The molecule has 2 heterocycles. The Balaban J connectivity index is 1.35. The molecule has 4 aromatic rings. The van der Waals surface area contributed by atoms with Gasteiger partial charge in [-0.05, 0) is 35.4 Å². The normalized spacial score (nSPS) is 19.5. The molecular formula is C29H29N3O4S. The molecule has 7 nitrogen and oxygen atoms in total. The lowest BCUT2D eigenvalue weighted by Gasteiger charge is -2.36. The minimum absolute atomic E-state index is 0.00195. The smallest absolute Gasteiger partial charge is 0.255 e. The van der Waals surface area contributed by atoms with Gasteiger partial charge >= 0.3 is 0 Å². The van der Waals surface area contributed by atoms with Gasteiger partial charge in [-0.25, -0.2) is 4.98 Å². The van der Waals surface area contributed by atoms with Crippen LogP contribution in [0.3, 0.4) is 0 Å². The molecule has 8 heteroatoms. The van der Waals surface area contributed by atoms with Gasteiger partial charge in [-0.15, -0.1) is 0 Å². The molecule has 1 aliphatic rings. The maximum absolute atomic E-state index is 12.7. The van der Waals surface area contributed by atoms with E-state index in [0.717, 1.165) is 27.6 Å². The first-order valence-electron chi connectivity index (χ1n) is 12.2. The van der Waals surface area contributed by atoms with Crippen molar-refractivity contribution < 1.29 is 19.4 Å². The van der Waals surface area contributed by atoms with Crippen LogP contribution in [0.15, 0.2) is 96.4 Å². The summed E-state index contributed by atoms with van der Waals surface area (Å²) in [4.78, 5) is 17.1. The summed E-state index contributed by atoms with van der Waals surface area (Å²) < 4.78 is 14.9. The van der Waals surface area contributed by atoms with Crippen LogP contribution < -0.4 is 5.32 Å². The number of hydrogen-bond donors (Lipinski definition) is 2. The molecule has 0 spiro atoms. The van der Waals surface area contributed by atoms with Crippen molar-refractivity contribution in [3.63, 3.8) is 0 Å². The van der Waals surface area contributed by atoms with E-state index in [4.69, 9.17) is 9.47 Å². The molecule has 1 amide bonds. The minimum Gasteiger partial charge on any atom is -0.392 e. The first kappa shape index (κ1) is 25.2. The number of carbonyl (C=O) groups excluding carboxylic acids is 1. The highest BCUT2D eigenvalue weighted by Crippen LogP contribution is 2.39. The number of nitrogens with zero attached hydrogens (tertiary/aromatic N) is 2. The zero-order valence-corrected chi connectivity index (χ0v) is 21.3. The van der Waals surface area contributed by atoms with Gasteiger partial charge in [-0.1, -0.05) is 66.4 Å². The van der Waals surface area contributed by atoms with E-state index in [9.17, 15) is 9.90 Å². The molecule has 1 saturated heterocycles. The zero-order valence-electron chi connectivity index (χ0n) is 20.5. The van der Waals surface area contributed by atoms with E-state index in [2.05, 4.69) is 10.3 Å². The van der Waals surface area contributed by atoms with Crippen molar-refractivity contribution in [1.29, 1.82) is 0 Å².